The van der Waals surface area contributed by atoms with Crippen LogP contribution in [0.25, 0.3) is 5.57 Å². The Balaban J connectivity index is 2.74. The predicted octanol–water partition coefficient (Wildman–Crippen LogP) is 2.12. The van der Waals surface area contributed by atoms with Gasteiger partial charge in [0.05, 0.1) is 11.9 Å². The number of aliphatic imine (C=N–C) groups is 1. The van der Waals surface area contributed by atoms with Gasteiger partial charge in [0.15, 0.2) is 0 Å². The zero-order valence-corrected chi connectivity index (χ0v) is 6.33. The summed E-state index contributed by atoms with van der Waals surface area (Å²) in [4.78, 5) is 8.19. The lowest BCUT2D eigenvalue weighted by Gasteiger charge is -2.00. The van der Waals surface area contributed by atoms with E-state index in [2.05, 4.69) is 16.6 Å². The Hall–Kier alpha value is -1.44. The minimum Gasteiger partial charge on any atom is -0.262 e. The molecule has 1 aliphatic rings. The second-order valence-corrected chi connectivity index (χ2v) is 2.63. The van der Waals surface area contributed by atoms with E-state index in [9.17, 15) is 0 Å². The molecule has 0 fully saturated rings. The molecule has 0 spiro atoms. The Labute approximate surface area is 65.3 Å². The molecule has 1 aromatic rings. The SMILES string of the molecule is C=C1C=Nc2cncc(C)c21. The van der Waals surface area contributed by atoms with E-state index >= 15 is 0 Å². The normalized spacial score (nSPS) is 13.7. The number of fused-ring (bicyclic) bond motifs is 1. The lowest BCUT2D eigenvalue weighted by molar-refractivity contribution is 1.25. The molecule has 0 atom stereocenters. The van der Waals surface area contributed by atoms with Crippen LogP contribution in [-0.4, -0.2) is 11.2 Å². The van der Waals surface area contributed by atoms with Crippen LogP contribution in [0, 0.1) is 6.92 Å². The maximum Gasteiger partial charge on any atom is 0.0894 e. The first kappa shape index (κ1) is 6.28. The van der Waals surface area contributed by atoms with Gasteiger partial charge in [-0.3, -0.25) is 9.98 Å². The zero-order chi connectivity index (χ0) is 7.84. The van der Waals surface area contributed by atoms with Crippen LogP contribution in [0.4, 0.5) is 5.69 Å². The molecule has 2 rings (SSSR count). The molecule has 0 radical (unpaired) electrons. The molecule has 0 unspecified atom stereocenters. The van der Waals surface area contributed by atoms with Crippen molar-refractivity contribution >= 4 is 17.5 Å². The van der Waals surface area contributed by atoms with Crippen molar-refractivity contribution in [2.75, 3.05) is 0 Å². The molecule has 2 heterocycles. The number of rotatable bonds is 0. The Kier molecular flexibility index (Phi) is 1.15. The lowest BCUT2D eigenvalue weighted by Crippen LogP contribution is -1.84. The minimum absolute atomic E-state index is 0.940. The van der Waals surface area contributed by atoms with Crippen molar-refractivity contribution in [3.05, 3.63) is 30.1 Å². The van der Waals surface area contributed by atoms with E-state index in [1.54, 1.807) is 12.4 Å². The number of aryl methyl sites for hydroxylation is 1. The fourth-order valence-electron chi connectivity index (χ4n) is 1.28. The van der Waals surface area contributed by atoms with E-state index in [1.807, 2.05) is 13.1 Å². The molecule has 0 aliphatic carbocycles. The first-order valence-electron chi connectivity index (χ1n) is 3.47. The monoisotopic (exact) mass is 144 g/mol. The van der Waals surface area contributed by atoms with Gasteiger partial charge in [0.1, 0.15) is 0 Å². The summed E-state index contributed by atoms with van der Waals surface area (Å²) in [6, 6.07) is 0. The largest absolute Gasteiger partial charge is 0.262 e. The van der Waals surface area contributed by atoms with Gasteiger partial charge in [-0.15, -0.1) is 0 Å². The van der Waals surface area contributed by atoms with E-state index in [-0.39, 0.29) is 0 Å². The standard InChI is InChI=1S/C9H8N2/c1-6-3-10-5-8-9(6)7(2)4-11-8/h3-5H,2H2,1H3. The maximum atomic E-state index is 4.15. The van der Waals surface area contributed by atoms with Gasteiger partial charge in [0.25, 0.3) is 0 Å². The van der Waals surface area contributed by atoms with Gasteiger partial charge in [-0.05, 0) is 18.1 Å². The summed E-state index contributed by atoms with van der Waals surface area (Å²) >= 11 is 0. The Morgan fingerprint density at radius 1 is 1.36 bits per heavy atom. The molecule has 0 aromatic carbocycles. The highest BCUT2D eigenvalue weighted by Crippen LogP contribution is 2.31. The first-order chi connectivity index (χ1) is 5.29. The smallest absolute Gasteiger partial charge is 0.0894 e. The molecule has 0 amide bonds. The van der Waals surface area contributed by atoms with E-state index in [4.69, 9.17) is 0 Å². The molecule has 11 heavy (non-hydrogen) atoms. The van der Waals surface area contributed by atoms with Crippen LogP contribution in [0.1, 0.15) is 11.1 Å². The highest BCUT2D eigenvalue weighted by Gasteiger charge is 2.11. The van der Waals surface area contributed by atoms with Crippen molar-refractivity contribution in [1.29, 1.82) is 0 Å². The topological polar surface area (TPSA) is 25.2 Å². The lowest BCUT2D eigenvalue weighted by atomic mass is 10.1. The molecule has 0 bridgehead atoms. The van der Waals surface area contributed by atoms with Crippen molar-refractivity contribution in [2.24, 2.45) is 4.99 Å². The molecule has 1 aliphatic heterocycles. The number of nitrogens with zero attached hydrogens (tertiary/aromatic N) is 2. The third-order valence-electron chi connectivity index (χ3n) is 1.80. The Bertz CT molecular complexity index is 351. The van der Waals surface area contributed by atoms with Crippen LogP contribution >= 0.6 is 0 Å². The van der Waals surface area contributed by atoms with E-state index in [1.165, 1.54) is 0 Å². The summed E-state index contributed by atoms with van der Waals surface area (Å²) in [5.41, 5.74) is 4.21. The van der Waals surface area contributed by atoms with Crippen molar-refractivity contribution in [2.45, 2.75) is 6.92 Å². The van der Waals surface area contributed by atoms with Crippen molar-refractivity contribution < 1.29 is 0 Å². The molecule has 0 saturated heterocycles. The molecular weight excluding hydrogens is 136 g/mol. The van der Waals surface area contributed by atoms with E-state index in [0.717, 1.165) is 22.4 Å². The van der Waals surface area contributed by atoms with Crippen molar-refractivity contribution in [1.82, 2.24) is 4.98 Å². The van der Waals surface area contributed by atoms with Gasteiger partial charge in [-0.1, -0.05) is 6.58 Å². The Morgan fingerprint density at radius 2 is 2.18 bits per heavy atom. The molecule has 1 aromatic heterocycles. The third kappa shape index (κ3) is 0.792. The molecule has 0 N–H and O–H groups in total. The number of aromatic nitrogens is 1. The number of hydrogen-bond acceptors (Lipinski definition) is 2. The van der Waals surface area contributed by atoms with Gasteiger partial charge in [0, 0.05) is 18.0 Å². The molecule has 2 nitrogen and oxygen atoms in total. The van der Waals surface area contributed by atoms with Crippen LogP contribution in [0.3, 0.4) is 0 Å². The Morgan fingerprint density at radius 3 is 2.91 bits per heavy atom. The second-order valence-electron chi connectivity index (χ2n) is 2.63. The molecule has 54 valence electrons. The maximum absolute atomic E-state index is 4.15. The van der Waals surface area contributed by atoms with Crippen molar-refractivity contribution in [3.63, 3.8) is 0 Å². The highest BCUT2D eigenvalue weighted by molar-refractivity contribution is 6.15. The summed E-state index contributed by atoms with van der Waals surface area (Å²) in [6.07, 6.45) is 5.37. The van der Waals surface area contributed by atoms with Gasteiger partial charge >= 0.3 is 0 Å². The van der Waals surface area contributed by atoms with E-state index in [0.29, 0.717) is 0 Å². The van der Waals surface area contributed by atoms with Crippen molar-refractivity contribution in [3.8, 4) is 0 Å². The van der Waals surface area contributed by atoms with Crippen LogP contribution < -0.4 is 0 Å². The van der Waals surface area contributed by atoms with Gasteiger partial charge in [0.2, 0.25) is 0 Å². The van der Waals surface area contributed by atoms with Crippen LogP contribution in [-0.2, 0) is 0 Å². The summed E-state index contributed by atoms with van der Waals surface area (Å²) in [5.74, 6) is 0. The number of hydrogen-bond donors (Lipinski definition) is 0. The van der Waals surface area contributed by atoms with Gasteiger partial charge in [-0.2, -0.15) is 0 Å². The predicted molar refractivity (Wildman–Crippen MR) is 46.2 cm³/mol. The van der Waals surface area contributed by atoms with Crippen LogP contribution in [0.15, 0.2) is 24.0 Å². The molecule has 0 saturated carbocycles. The fourth-order valence-corrected chi connectivity index (χ4v) is 1.28. The average Bonchev–Trinajstić information content (AvgIpc) is 2.34. The summed E-state index contributed by atoms with van der Waals surface area (Å²) in [7, 11) is 0. The fraction of sp³-hybridized carbons (Fsp3) is 0.111. The third-order valence-corrected chi connectivity index (χ3v) is 1.80. The summed E-state index contributed by atoms with van der Waals surface area (Å²) < 4.78 is 0. The quantitative estimate of drug-likeness (QED) is 0.547. The van der Waals surface area contributed by atoms with Gasteiger partial charge in [-0.25, -0.2) is 0 Å². The molecular formula is C9H8N2. The average molecular weight is 144 g/mol. The minimum atomic E-state index is 0.940. The number of allylic oxidation sites excluding steroid dienone is 1. The second kappa shape index (κ2) is 2.02. The number of pyridine rings is 1. The summed E-state index contributed by atoms with van der Waals surface area (Å²) in [6.45, 7) is 5.90. The first-order valence-corrected chi connectivity index (χ1v) is 3.47. The highest BCUT2D eigenvalue weighted by atomic mass is 14.8. The zero-order valence-electron chi connectivity index (χ0n) is 6.33. The molecule has 2 heteroatoms. The van der Waals surface area contributed by atoms with E-state index < -0.39 is 0 Å². The van der Waals surface area contributed by atoms with Gasteiger partial charge < -0.3 is 0 Å². The van der Waals surface area contributed by atoms with Crippen LogP contribution in [0.2, 0.25) is 0 Å². The van der Waals surface area contributed by atoms with Crippen LogP contribution in [0.5, 0.6) is 0 Å². The summed E-state index contributed by atoms with van der Waals surface area (Å²) in [5, 5.41) is 0.